The summed E-state index contributed by atoms with van der Waals surface area (Å²) < 4.78 is 0. The number of nitrogens with one attached hydrogen (secondary N) is 2. The first-order chi connectivity index (χ1) is 11.6. The van der Waals surface area contributed by atoms with Crippen LogP contribution in [0.3, 0.4) is 0 Å². The summed E-state index contributed by atoms with van der Waals surface area (Å²) in [5.74, 6) is 0. The molecule has 0 aliphatic carbocycles. The summed E-state index contributed by atoms with van der Waals surface area (Å²) in [5.41, 5.74) is 6.05. The second kappa shape index (κ2) is 7.67. The molecule has 4 heteroatoms. The molecular weight excluding hydrogens is 314 g/mol. The van der Waals surface area contributed by atoms with Gasteiger partial charge in [-0.05, 0) is 73.8 Å². The van der Waals surface area contributed by atoms with E-state index in [1.54, 1.807) is 0 Å². The van der Waals surface area contributed by atoms with Gasteiger partial charge in [0.1, 0.15) is 0 Å². The number of thiocarbonyl (C=S) groups is 1. The van der Waals surface area contributed by atoms with Crippen molar-refractivity contribution in [1.82, 2.24) is 5.32 Å². The fourth-order valence-corrected chi connectivity index (χ4v) is 3.20. The number of aryl methyl sites for hydroxylation is 2. The van der Waals surface area contributed by atoms with Crippen LogP contribution in [0.15, 0.2) is 42.5 Å². The van der Waals surface area contributed by atoms with Gasteiger partial charge < -0.3 is 15.5 Å². The predicted octanol–water partition coefficient (Wildman–Crippen LogP) is 4.39. The van der Waals surface area contributed by atoms with E-state index in [1.165, 1.54) is 48.3 Å². The van der Waals surface area contributed by atoms with E-state index in [4.69, 9.17) is 12.2 Å². The first-order valence-electron chi connectivity index (χ1n) is 8.58. The second-order valence-electron chi connectivity index (χ2n) is 6.49. The Labute approximate surface area is 150 Å². The van der Waals surface area contributed by atoms with Crippen LogP contribution in [-0.2, 0) is 6.54 Å². The van der Waals surface area contributed by atoms with Crippen LogP contribution in [0.1, 0.15) is 29.5 Å². The molecule has 2 aromatic carbocycles. The molecule has 1 fully saturated rings. The first-order valence-corrected chi connectivity index (χ1v) is 8.98. The summed E-state index contributed by atoms with van der Waals surface area (Å²) in [6.07, 6.45) is 2.61. The molecule has 2 aromatic rings. The van der Waals surface area contributed by atoms with Crippen molar-refractivity contribution in [1.29, 1.82) is 0 Å². The van der Waals surface area contributed by atoms with Crippen LogP contribution in [0.5, 0.6) is 0 Å². The number of anilines is 2. The smallest absolute Gasteiger partial charge is 0.171 e. The van der Waals surface area contributed by atoms with Gasteiger partial charge in [-0.2, -0.15) is 0 Å². The third kappa shape index (κ3) is 4.26. The zero-order valence-electron chi connectivity index (χ0n) is 14.4. The Morgan fingerprint density at radius 3 is 2.46 bits per heavy atom. The number of rotatable bonds is 4. The normalized spacial score (nSPS) is 13.8. The van der Waals surface area contributed by atoms with Crippen LogP contribution < -0.4 is 15.5 Å². The molecule has 0 bridgehead atoms. The van der Waals surface area contributed by atoms with Crippen LogP contribution in [0.2, 0.25) is 0 Å². The van der Waals surface area contributed by atoms with E-state index >= 15 is 0 Å². The van der Waals surface area contributed by atoms with Gasteiger partial charge in [-0.3, -0.25) is 0 Å². The van der Waals surface area contributed by atoms with Crippen LogP contribution in [0.25, 0.3) is 0 Å². The average molecular weight is 340 g/mol. The van der Waals surface area contributed by atoms with E-state index in [0.717, 1.165) is 12.2 Å². The minimum Gasteiger partial charge on any atom is -0.372 e. The van der Waals surface area contributed by atoms with Gasteiger partial charge in [-0.25, -0.2) is 0 Å². The Morgan fingerprint density at radius 1 is 1.04 bits per heavy atom. The zero-order chi connectivity index (χ0) is 16.9. The van der Waals surface area contributed by atoms with E-state index in [2.05, 4.69) is 71.8 Å². The van der Waals surface area contributed by atoms with Gasteiger partial charge in [0.25, 0.3) is 0 Å². The maximum absolute atomic E-state index is 5.42. The monoisotopic (exact) mass is 339 g/mol. The lowest BCUT2D eigenvalue weighted by Crippen LogP contribution is -2.28. The number of hydrogen-bond acceptors (Lipinski definition) is 2. The third-order valence-corrected chi connectivity index (χ3v) is 4.75. The Balaban J connectivity index is 1.53. The SMILES string of the molecule is Cc1ccc(C)c(NC(=S)NCc2ccc(N3CCCC3)cc2)c1. The quantitative estimate of drug-likeness (QED) is 0.808. The van der Waals surface area contributed by atoms with Crippen LogP contribution >= 0.6 is 12.2 Å². The van der Waals surface area contributed by atoms with Crippen molar-refractivity contribution in [3.63, 3.8) is 0 Å². The molecule has 1 aliphatic rings. The summed E-state index contributed by atoms with van der Waals surface area (Å²) in [6, 6.07) is 15.1. The Kier molecular flexibility index (Phi) is 5.36. The summed E-state index contributed by atoms with van der Waals surface area (Å²) in [6.45, 7) is 7.27. The molecule has 1 aliphatic heterocycles. The molecule has 0 spiro atoms. The molecular formula is C20H25N3S. The Bertz CT molecular complexity index is 703. The lowest BCUT2D eigenvalue weighted by Gasteiger charge is -2.18. The van der Waals surface area contributed by atoms with Gasteiger partial charge in [0, 0.05) is 31.0 Å². The lowest BCUT2D eigenvalue weighted by molar-refractivity contribution is 0.920. The van der Waals surface area contributed by atoms with Crippen molar-refractivity contribution in [2.45, 2.75) is 33.2 Å². The highest BCUT2D eigenvalue weighted by Crippen LogP contribution is 2.20. The minimum absolute atomic E-state index is 0.660. The van der Waals surface area contributed by atoms with Crippen molar-refractivity contribution in [2.24, 2.45) is 0 Å². The molecule has 0 radical (unpaired) electrons. The van der Waals surface area contributed by atoms with Crippen LogP contribution in [-0.4, -0.2) is 18.2 Å². The molecule has 24 heavy (non-hydrogen) atoms. The molecule has 0 aromatic heterocycles. The van der Waals surface area contributed by atoms with Gasteiger partial charge in [0.05, 0.1) is 0 Å². The van der Waals surface area contributed by atoms with Gasteiger partial charge in [0.2, 0.25) is 0 Å². The molecule has 0 atom stereocenters. The number of hydrogen-bond donors (Lipinski definition) is 2. The van der Waals surface area contributed by atoms with Crippen molar-refractivity contribution in [3.05, 3.63) is 59.2 Å². The molecule has 0 amide bonds. The fourth-order valence-electron chi connectivity index (χ4n) is 3.02. The highest BCUT2D eigenvalue weighted by molar-refractivity contribution is 7.80. The van der Waals surface area contributed by atoms with Gasteiger partial charge in [-0.1, -0.05) is 24.3 Å². The highest BCUT2D eigenvalue weighted by Gasteiger charge is 2.11. The first kappa shape index (κ1) is 16.8. The van der Waals surface area contributed by atoms with Crippen molar-refractivity contribution >= 4 is 28.7 Å². The van der Waals surface area contributed by atoms with Crippen molar-refractivity contribution in [3.8, 4) is 0 Å². The highest BCUT2D eigenvalue weighted by atomic mass is 32.1. The standard InChI is InChI=1S/C20H25N3S/c1-15-5-6-16(2)19(13-15)22-20(24)21-14-17-7-9-18(10-8-17)23-11-3-4-12-23/h5-10,13H,3-4,11-12,14H2,1-2H3,(H2,21,22,24). The van der Waals surface area contributed by atoms with Crippen molar-refractivity contribution < 1.29 is 0 Å². The molecule has 1 saturated heterocycles. The fraction of sp³-hybridized carbons (Fsp3) is 0.350. The largest absolute Gasteiger partial charge is 0.372 e. The number of benzene rings is 2. The molecule has 126 valence electrons. The number of nitrogens with zero attached hydrogens (tertiary/aromatic N) is 1. The molecule has 1 heterocycles. The summed E-state index contributed by atoms with van der Waals surface area (Å²) in [7, 11) is 0. The average Bonchev–Trinajstić information content (AvgIpc) is 3.11. The molecule has 3 rings (SSSR count). The molecule has 0 saturated carbocycles. The Morgan fingerprint density at radius 2 is 1.75 bits per heavy atom. The van der Waals surface area contributed by atoms with E-state index in [1.807, 2.05) is 0 Å². The topological polar surface area (TPSA) is 27.3 Å². The van der Waals surface area contributed by atoms with E-state index < -0.39 is 0 Å². The predicted molar refractivity (Wildman–Crippen MR) is 107 cm³/mol. The van der Waals surface area contributed by atoms with E-state index in [9.17, 15) is 0 Å². The Hall–Kier alpha value is -2.07. The lowest BCUT2D eigenvalue weighted by atomic mass is 10.1. The van der Waals surface area contributed by atoms with E-state index in [-0.39, 0.29) is 0 Å². The minimum atomic E-state index is 0.660. The third-order valence-electron chi connectivity index (χ3n) is 4.50. The molecule has 2 N–H and O–H groups in total. The molecule has 3 nitrogen and oxygen atoms in total. The van der Waals surface area contributed by atoms with Gasteiger partial charge in [0.15, 0.2) is 5.11 Å². The zero-order valence-corrected chi connectivity index (χ0v) is 15.2. The van der Waals surface area contributed by atoms with E-state index in [0.29, 0.717) is 5.11 Å². The summed E-state index contributed by atoms with van der Waals surface area (Å²) in [4.78, 5) is 2.45. The van der Waals surface area contributed by atoms with Crippen LogP contribution in [0, 0.1) is 13.8 Å². The molecule has 0 unspecified atom stereocenters. The second-order valence-corrected chi connectivity index (χ2v) is 6.89. The summed E-state index contributed by atoms with van der Waals surface area (Å²) >= 11 is 5.42. The summed E-state index contributed by atoms with van der Waals surface area (Å²) in [5, 5.41) is 7.24. The van der Waals surface area contributed by atoms with Crippen LogP contribution in [0.4, 0.5) is 11.4 Å². The van der Waals surface area contributed by atoms with Crippen molar-refractivity contribution in [2.75, 3.05) is 23.3 Å². The van der Waals surface area contributed by atoms with Gasteiger partial charge in [-0.15, -0.1) is 0 Å². The maximum atomic E-state index is 5.42. The maximum Gasteiger partial charge on any atom is 0.171 e. The van der Waals surface area contributed by atoms with Gasteiger partial charge >= 0.3 is 0 Å².